The first-order chi connectivity index (χ1) is 14.0. The van der Waals surface area contributed by atoms with E-state index in [1.165, 1.54) is 0 Å². The molecule has 4 aromatic rings. The van der Waals surface area contributed by atoms with Gasteiger partial charge in [0.05, 0.1) is 17.4 Å². The Morgan fingerprint density at radius 2 is 2.00 bits per heavy atom. The van der Waals surface area contributed by atoms with Crippen molar-refractivity contribution in [3.8, 4) is 11.1 Å². The first-order valence-electron chi connectivity index (χ1n) is 9.98. The summed E-state index contributed by atoms with van der Waals surface area (Å²) in [5.41, 5.74) is 7.14. The van der Waals surface area contributed by atoms with Crippen molar-refractivity contribution in [3.63, 3.8) is 0 Å². The summed E-state index contributed by atoms with van der Waals surface area (Å²) < 4.78 is 1.92. The van der Waals surface area contributed by atoms with Crippen molar-refractivity contribution >= 4 is 22.5 Å². The molecule has 1 amide bonds. The molecule has 0 spiro atoms. The van der Waals surface area contributed by atoms with Gasteiger partial charge in [0.1, 0.15) is 0 Å². The molecule has 5 rings (SSSR count). The molecule has 0 N–H and O–H groups in total. The number of rotatable bonds is 2. The zero-order chi connectivity index (χ0) is 20.1. The van der Waals surface area contributed by atoms with E-state index >= 15 is 0 Å². The van der Waals surface area contributed by atoms with Crippen LogP contribution in [0.5, 0.6) is 0 Å². The monoisotopic (exact) mass is 385 g/mol. The van der Waals surface area contributed by atoms with Gasteiger partial charge in [-0.15, -0.1) is 0 Å². The van der Waals surface area contributed by atoms with E-state index in [2.05, 4.69) is 36.1 Å². The number of fused-ring (bicyclic) bond motifs is 2. The summed E-state index contributed by atoms with van der Waals surface area (Å²) in [5.74, 6) is 0.398. The van der Waals surface area contributed by atoms with Crippen LogP contribution in [0, 0.1) is 13.8 Å². The van der Waals surface area contributed by atoms with E-state index in [0.717, 1.165) is 64.1 Å². The standard InChI is InChI=1S/C23H23N5O/c1-14-15(2)28-23(26-22(14)18-8-9-27(13-18)16(3)29)20(12-25-28)19-10-17-6-4-5-7-21(17)24-11-19/h4-7,10-12,18H,8-9,13H2,1-3H3. The van der Waals surface area contributed by atoms with Crippen LogP contribution in [0.1, 0.15) is 36.2 Å². The van der Waals surface area contributed by atoms with Crippen molar-refractivity contribution in [2.45, 2.75) is 33.1 Å². The minimum atomic E-state index is 0.134. The largest absolute Gasteiger partial charge is 0.342 e. The van der Waals surface area contributed by atoms with E-state index in [4.69, 9.17) is 4.98 Å². The van der Waals surface area contributed by atoms with Gasteiger partial charge in [-0.1, -0.05) is 18.2 Å². The maximum atomic E-state index is 11.8. The van der Waals surface area contributed by atoms with Gasteiger partial charge in [-0.2, -0.15) is 5.10 Å². The van der Waals surface area contributed by atoms with Crippen LogP contribution in [0.2, 0.25) is 0 Å². The number of carbonyl (C=O) groups excluding carboxylic acids is 1. The first-order valence-corrected chi connectivity index (χ1v) is 9.98. The fourth-order valence-electron chi connectivity index (χ4n) is 4.33. The molecule has 6 heteroatoms. The molecule has 1 atom stereocenters. The van der Waals surface area contributed by atoms with Gasteiger partial charge in [0.2, 0.25) is 5.91 Å². The van der Waals surface area contributed by atoms with Crippen LogP contribution in [0.3, 0.4) is 0 Å². The molecule has 1 aromatic carbocycles. The van der Waals surface area contributed by atoms with E-state index < -0.39 is 0 Å². The second-order valence-corrected chi connectivity index (χ2v) is 7.87. The predicted molar refractivity (Wildman–Crippen MR) is 113 cm³/mol. The van der Waals surface area contributed by atoms with Crippen molar-refractivity contribution in [1.82, 2.24) is 24.5 Å². The van der Waals surface area contributed by atoms with Crippen molar-refractivity contribution in [1.29, 1.82) is 0 Å². The average Bonchev–Trinajstić information content (AvgIpc) is 3.38. The van der Waals surface area contributed by atoms with Crippen LogP contribution in [0.4, 0.5) is 0 Å². The minimum absolute atomic E-state index is 0.134. The van der Waals surface area contributed by atoms with E-state index in [1.807, 2.05) is 40.0 Å². The van der Waals surface area contributed by atoms with E-state index in [-0.39, 0.29) is 11.8 Å². The second-order valence-electron chi connectivity index (χ2n) is 7.87. The molecular weight excluding hydrogens is 362 g/mol. The predicted octanol–water partition coefficient (Wildman–Crippen LogP) is 3.90. The van der Waals surface area contributed by atoms with Crippen molar-refractivity contribution < 1.29 is 4.79 Å². The molecule has 4 heterocycles. The van der Waals surface area contributed by atoms with Crippen LogP contribution < -0.4 is 0 Å². The van der Waals surface area contributed by atoms with Gasteiger partial charge in [-0.25, -0.2) is 9.50 Å². The van der Waals surface area contributed by atoms with Crippen LogP contribution in [0.15, 0.2) is 42.7 Å². The fourth-order valence-corrected chi connectivity index (χ4v) is 4.33. The highest BCUT2D eigenvalue weighted by Crippen LogP contribution is 2.32. The summed E-state index contributed by atoms with van der Waals surface area (Å²) in [6.07, 6.45) is 4.72. The van der Waals surface area contributed by atoms with Gasteiger partial charge in [0.15, 0.2) is 5.65 Å². The Morgan fingerprint density at radius 3 is 2.79 bits per heavy atom. The lowest BCUT2D eigenvalue weighted by molar-refractivity contribution is -0.127. The van der Waals surface area contributed by atoms with Crippen molar-refractivity contribution in [3.05, 3.63) is 59.7 Å². The van der Waals surface area contributed by atoms with Crippen LogP contribution in [-0.4, -0.2) is 43.5 Å². The van der Waals surface area contributed by atoms with Gasteiger partial charge in [0, 0.05) is 54.3 Å². The Hall–Kier alpha value is -3.28. The maximum Gasteiger partial charge on any atom is 0.219 e. The number of para-hydroxylation sites is 1. The SMILES string of the molecule is CC(=O)N1CCC(c2nc3c(-c4cnc5ccccc5c4)cnn3c(C)c2C)C1. The molecule has 29 heavy (non-hydrogen) atoms. The topological polar surface area (TPSA) is 63.4 Å². The van der Waals surface area contributed by atoms with Crippen LogP contribution in [0.25, 0.3) is 27.7 Å². The molecule has 1 unspecified atom stereocenters. The number of aromatic nitrogens is 4. The van der Waals surface area contributed by atoms with Crippen molar-refractivity contribution in [2.24, 2.45) is 0 Å². The number of benzene rings is 1. The number of amides is 1. The van der Waals surface area contributed by atoms with Crippen LogP contribution >= 0.6 is 0 Å². The lowest BCUT2D eigenvalue weighted by Gasteiger charge is -2.17. The zero-order valence-electron chi connectivity index (χ0n) is 16.9. The highest BCUT2D eigenvalue weighted by molar-refractivity contribution is 5.86. The Balaban J connectivity index is 1.64. The number of aryl methyl sites for hydroxylation is 1. The second kappa shape index (κ2) is 6.65. The average molecular weight is 385 g/mol. The highest BCUT2D eigenvalue weighted by Gasteiger charge is 2.29. The number of pyridine rings is 1. The summed E-state index contributed by atoms with van der Waals surface area (Å²) in [5, 5.41) is 5.71. The third kappa shape index (κ3) is 2.87. The van der Waals surface area contributed by atoms with Crippen molar-refractivity contribution in [2.75, 3.05) is 13.1 Å². The summed E-state index contributed by atoms with van der Waals surface area (Å²) in [6.45, 7) is 7.36. The van der Waals surface area contributed by atoms with Gasteiger partial charge in [-0.3, -0.25) is 9.78 Å². The normalized spacial score (nSPS) is 16.8. The molecule has 0 bridgehead atoms. The molecule has 0 aliphatic carbocycles. The fraction of sp³-hybridized carbons (Fsp3) is 0.304. The third-order valence-corrected chi connectivity index (χ3v) is 6.14. The zero-order valence-corrected chi connectivity index (χ0v) is 16.9. The van der Waals surface area contributed by atoms with E-state index in [9.17, 15) is 4.79 Å². The number of likely N-dealkylation sites (tertiary alicyclic amines) is 1. The summed E-state index contributed by atoms with van der Waals surface area (Å²) in [6, 6.07) is 10.2. The molecule has 0 saturated carbocycles. The molecule has 0 radical (unpaired) electrons. The number of nitrogens with zero attached hydrogens (tertiary/aromatic N) is 5. The molecule has 1 saturated heterocycles. The molecule has 3 aromatic heterocycles. The van der Waals surface area contributed by atoms with E-state index in [1.54, 1.807) is 6.92 Å². The van der Waals surface area contributed by atoms with E-state index in [0.29, 0.717) is 0 Å². The molecule has 1 fully saturated rings. The smallest absolute Gasteiger partial charge is 0.219 e. The van der Waals surface area contributed by atoms with Crippen LogP contribution in [-0.2, 0) is 4.79 Å². The van der Waals surface area contributed by atoms with Gasteiger partial charge in [0.25, 0.3) is 0 Å². The maximum absolute atomic E-state index is 11.8. The Labute approximate surface area is 169 Å². The summed E-state index contributed by atoms with van der Waals surface area (Å²) in [7, 11) is 0. The molecular formula is C23H23N5O. The Morgan fingerprint density at radius 1 is 1.17 bits per heavy atom. The number of carbonyl (C=O) groups is 1. The Kier molecular flexibility index (Phi) is 4.08. The minimum Gasteiger partial charge on any atom is -0.342 e. The highest BCUT2D eigenvalue weighted by atomic mass is 16.2. The third-order valence-electron chi connectivity index (χ3n) is 6.14. The summed E-state index contributed by atoms with van der Waals surface area (Å²) in [4.78, 5) is 23.4. The molecule has 1 aliphatic heterocycles. The number of hydrogen-bond donors (Lipinski definition) is 0. The Bertz CT molecular complexity index is 1260. The molecule has 6 nitrogen and oxygen atoms in total. The first kappa shape index (κ1) is 17.8. The molecule has 146 valence electrons. The quantitative estimate of drug-likeness (QED) is 0.525. The van der Waals surface area contributed by atoms with Gasteiger partial charge in [-0.05, 0) is 38.0 Å². The lowest BCUT2D eigenvalue weighted by atomic mass is 9.99. The lowest BCUT2D eigenvalue weighted by Crippen LogP contribution is -2.25. The summed E-state index contributed by atoms with van der Waals surface area (Å²) >= 11 is 0. The molecule has 1 aliphatic rings. The van der Waals surface area contributed by atoms with Gasteiger partial charge >= 0.3 is 0 Å². The number of hydrogen-bond acceptors (Lipinski definition) is 4. The van der Waals surface area contributed by atoms with Gasteiger partial charge < -0.3 is 4.90 Å².